The van der Waals surface area contributed by atoms with Crippen LogP contribution in [0.2, 0.25) is 0 Å². The van der Waals surface area contributed by atoms with Gasteiger partial charge in [-0.1, -0.05) is 30.3 Å². The van der Waals surface area contributed by atoms with Crippen LogP contribution in [0.15, 0.2) is 83.9 Å². The third kappa shape index (κ3) is 4.15. The predicted octanol–water partition coefficient (Wildman–Crippen LogP) is 3.57. The fourth-order valence-corrected chi connectivity index (χ4v) is 4.18. The van der Waals surface area contributed by atoms with E-state index in [9.17, 15) is 9.59 Å². The van der Waals surface area contributed by atoms with Gasteiger partial charge < -0.3 is 14.6 Å². The number of nitrogens with one attached hydrogen (secondary N) is 1. The molecule has 9 heteroatoms. The number of carbonyl (C=O) groups is 1. The lowest BCUT2D eigenvalue weighted by Gasteiger charge is -2.15. The summed E-state index contributed by atoms with van der Waals surface area (Å²) in [5.41, 5.74) is 2.37. The third-order valence-corrected chi connectivity index (χ3v) is 6.08. The van der Waals surface area contributed by atoms with Crippen LogP contribution in [0.1, 0.15) is 24.2 Å². The van der Waals surface area contributed by atoms with Gasteiger partial charge in [0.2, 0.25) is 5.91 Å². The Hall–Kier alpha value is -4.66. The van der Waals surface area contributed by atoms with Crippen molar-refractivity contribution < 1.29 is 9.53 Å². The van der Waals surface area contributed by atoms with Crippen LogP contribution < -0.4 is 15.6 Å². The van der Waals surface area contributed by atoms with Crippen molar-refractivity contribution in [3.8, 4) is 17.3 Å². The molecule has 5 aromatic rings. The van der Waals surface area contributed by atoms with Crippen molar-refractivity contribution >= 4 is 16.8 Å². The summed E-state index contributed by atoms with van der Waals surface area (Å²) >= 11 is 0. The number of ether oxygens (including phenoxy) is 1. The van der Waals surface area contributed by atoms with E-state index in [1.807, 2.05) is 83.7 Å². The Morgan fingerprint density at radius 2 is 1.78 bits per heavy atom. The van der Waals surface area contributed by atoms with Gasteiger partial charge in [-0.25, -0.2) is 9.36 Å². The van der Waals surface area contributed by atoms with Crippen molar-refractivity contribution in [2.45, 2.75) is 26.4 Å². The van der Waals surface area contributed by atoms with Gasteiger partial charge in [0.15, 0.2) is 5.82 Å². The molecule has 1 atom stereocenters. The third-order valence-electron chi connectivity index (χ3n) is 6.08. The number of benzene rings is 2. The van der Waals surface area contributed by atoms with Crippen molar-refractivity contribution in [3.63, 3.8) is 0 Å². The highest BCUT2D eigenvalue weighted by molar-refractivity contribution is 5.88. The molecular weight excluding hydrogens is 456 g/mol. The highest BCUT2D eigenvalue weighted by atomic mass is 16.5. The van der Waals surface area contributed by atoms with E-state index in [0.29, 0.717) is 34.7 Å². The number of fused-ring (bicyclic) bond motifs is 1. The van der Waals surface area contributed by atoms with Crippen LogP contribution in [0.4, 0.5) is 0 Å². The average Bonchev–Trinajstić information content (AvgIpc) is 3.58. The lowest BCUT2D eigenvalue weighted by atomic mass is 10.2. The van der Waals surface area contributed by atoms with Crippen LogP contribution in [-0.2, 0) is 11.3 Å². The molecule has 9 nitrogen and oxygen atoms in total. The summed E-state index contributed by atoms with van der Waals surface area (Å²) in [5, 5.41) is 12.5. The quantitative estimate of drug-likeness (QED) is 0.383. The second-order valence-corrected chi connectivity index (χ2v) is 8.47. The maximum absolute atomic E-state index is 13.8. The number of para-hydroxylation sites is 1. The molecule has 36 heavy (non-hydrogen) atoms. The SMILES string of the molecule is COc1cccc(CNC(=O)C(C)n2nc(C)c3nn(-c4ccccc4)c(-n4cccc4)c3c2=O)c1. The molecule has 0 saturated carbocycles. The van der Waals surface area contributed by atoms with Gasteiger partial charge in [0.25, 0.3) is 5.56 Å². The first kappa shape index (κ1) is 23.1. The lowest BCUT2D eigenvalue weighted by Crippen LogP contribution is -2.37. The van der Waals surface area contributed by atoms with Crippen molar-refractivity contribution in [1.82, 2.24) is 29.4 Å². The second kappa shape index (κ2) is 9.53. The topological polar surface area (TPSA) is 96.0 Å². The van der Waals surface area contributed by atoms with Gasteiger partial charge in [-0.15, -0.1) is 0 Å². The summed E-state index contributed by atoms with van der Waals surface area (Å²) < 4.78 is 10.1. The van der Waals surface area contributed by atoms with E-state index < -0.39 is 6.04 Å². The minimum absolute atomic E-state index is 0.302. The average molecular weight is 483 g/mol. The number of aryl methyl sites for hydroxylation is 1. The maximum Gasteiger partial charge on any atom is 0.280 e. The van der Waals surface area contributed by atoms with Crippen LogP contribution in [0.3, 0.4) is 0 Å². The summed E-state index contributed by atoms with van der Waals surface area (Å²) in [4.78, 5) is 26.8. The summed E-state index contributed by atoms with van der Waals surface area (Å²) in [6.07, 6.45) is 3.72. The van der Waals surface area contributed by atoms with Crippen LogP contribution in [0, 0.1) is 6.92 Å². The molecule has 0 aliphatic carbocycles. The van der Waals surface area contributed by atoms with Crippen molar-refractivity contribution in [1.29, 1.82) is 0 Å². The summed E-state index contributed by atoms with van der Waals surface area (Å²) in [6.45, 7) is 3.76. The van der Waals surface area contributed by atoms with E-state index in [1.54, 1.807) is 25.6 Å². The number of carbonyl (C=O) groups excluding carboxylic acids is 1. The number of nitrogens with zero attached hydrogens (tertiary/aromatic N) is 5. The molecule has 1 unspecified atom stereocenters. The summed E-state index contributed by atoms with van der Waals surface area (Å²) in [5.74, 6) is 0.986. The molecule has 0 fully saturated rings. The van der Waals surface area contributed by atoms with Crippen molar-refractivity contribution in [2.24, 2.45) is 0 Å². The zero-order valence-corrected chi connectivity index (χ0v) is 20.3. The van der Waals surface area contributed by atoms with Gasteiger partial charge >= 0.3 is 0 Å². The molecule has 1 amide bonds. The second-order valence-electron chi connectivity index (χ2n) is 8.47. The Morgan fingerprint density at radius 3 is 2.50 bits per heavy atom. The highest BCUT2D eigenvalue weighted by Gasteiger charge is 2.25. The van der Waals surface area contributed by atoms with E-state index in [-0.39, 0.29) is 11.5 Å². The van der Waals surface area contributed by atoms with E-state index >= 15 is 0 Å². The van der Waals surface area contributed by atoms with Gasteiger partial charge in [0.05, 0.1) is 18.5 Å². The Balaban J connectivity index is 1.56. The fraction of sp³-hybridized carbons (Fsp3) is 0.185. The molecule has 0 saturated heterocycles. The zero-order chi connectivity index (χ0) is 25.2. The summed E-state index contributed by atoms with van der Waals surface area (Å²) in [7, 11) is 1.60. The molecule has 0 aliphatic rings. The van der Waals surface area contributed by atoms with Crippen LogP contribution in [-0.4, -0.2) is 37.1 Å². The minimum Gasteiger partial charge on any atom is -0.497 e. The maximum atomic E-state index is 13.8. The molecule has 3 heterocycles. The fourth-order valence-electron chi connectivity index (χ4n) is 4.18. The number of rotatable bonds is 7. The largest absolute Gasteiger partial charge is 0.497 e. The standard InChI is InChI=1S/C27H26N6O3/c1-18-24-23(26(31-14-7-8-15-31)33(30-24)21-11-5-4-6-12-21)27(35)32(29-18)19(2)25(34)28-17-20-10-9-13-22(16-20)36-3/h4-16,19H,17H2,1-3H3,(H,28,34). The monoisotopic (exact) mass is 482 g/mol. The van der Waals surface area contributed by atoms with Crippen LogP contribution >= 0.6 is 0 Å². The molecule has 1 N–H and O–H groups in total. The first-order valence-corrected chi connectivity index (χ1v) is 11.6. The number of amides is 1. The Morgan fingerprint density at radius 1 is 1.03 bits per heavy atom. The summed E-state index contributed by atoms with van der Waals surface area (Å²) in [6, 6.07) is 20.0. The van der Waals surface area contributed by atoms with Gasteiger partial charge in [-0.2, -0.15) is 10.2 Å². The Labute approximate surface area is 207 Å². The molecule has 0 radical (unpaired) electrons. The molecule has 3 aromatic heterocycles. The van der Waals surface area contributed by atoms with E-state index in [2.05, 4.69) is 10.4 Å². The molecule has 0 bridgehead atoms. The van der Waals surface area contributed by atoms with E-state index in [1.165, 1.54) is 4.68 Å². The molecule has 2 aromatic carbocycles. The van der Waals surface area contributed by atoms with Crippen LogP contribution in [0.25, 0.3) is 22.4 Å². The van der Waals surface area contributed by atoms with Gasteiger partial charge in [0, 0.05) is 18.9 Å². The zero-order valence-electron chi connectivity index (χ0n) is 20.3. The highest BCUT2D eigenvalue weighted by Crippen LogP contribution is 2.25. The van der Waals surface area contributed by atoms with Gasteiger partial charge in [-0.3, -0.25) is 9.59 Å². The van der Waals surface area contributed by atoms with E-state index in [4.69, 9.17) is 9.84 Å². The molecular formula is C27H26N6O3. The smallest absolute Gasteiger partial charge is 0.280 e. The number of methoxy groups -OCH3 is 1. The normalized spacial score (nSPS) is 12.0. The number of aromatic nitrogens is 5. The van der Waals surface area contributed by atoms with Crippen LogP contribution in [0.5, 0.6) is 5.75 Å². The first-order chi connectivity index (χ1) is 17.5. The molecule has 182 valence electrons. The van der Waals surface area contributed by atoms with Crippen molar-refractivity contribution in [2.75, 3.05) is 7.11 Å². The Bertz CT molecular complexity index is 1590. The minimum atomic E-state index is -0.830. The number of hydrogen-bond donors (Lipinski definition) is 1. The molecule has 5 rings (SSSR count). The van der Waals surface area contributed by atoms with E-state index in [0.717, 1.165) is 11.3 Å². The lowest BCUT2D eigenvalue weighted by molar-refractivity contribution is -0.124. The van der Waals surface area contributed by atoms with Crippen molar-refractivity contribution in [3.05, 3.63) is 101 Å². The molecule has 0 spiro atoms. The first-order valence-electron chi connectivity index (χ1n) is 11.6. The van der Waals surface area contributed by atoms with Gasteiger partial charge in [-0.05, 0) is 55.8 Å². The van der Waals surface area contributed by atoms with Gasteiger partial charge in [0.1, 0.15) is 22.7 Å². The Kier molecular flexibility index (Phi) is 6.12. The predicted molar refractivity (Wildman–Crippen MR) is 137 cm³/mol. The number of hydrogen-bond acceptors (Lipinski definition) is 5. The molecule has 0 aliphatic heterocycles.